The molecule has 0 atom stereocenters. The summed E-state index contributed by atoms with van der Waals surface area (Å²) in [5.74, 6) is 0.0564. The quantitative estimate of drug-likeness (QED) is 0.206. The zero-order valence-electron chi connectivity index (χ0n) is 20.6. The summed E-state index contributed by atoms with van der Waals surface area (Å²) in [4.78, 5) is 15.7. The second kappa shape index (κ2) is 12.6. The molecule has 1 aromatic heterocycles. The number of hydrogen-bond acceptors (Lipinski definition) is 4. The van der Waals surface area contributed by atoms with E-state index in [0.29, 0.717) is 12.6 Å². The topological polar surface area (TPSA) is 73.6 Å². The van der Waals surface area contributed by atoms with Gasteiger partial charge in [-0.3, -0.25) is 9.36 Å². The predicted molar refractivity (Wildman–Crippen MR) is 142 cm³/mol. The van der Waals surface area contributed by atoms with Crippen molar-refractivity contribution in [3.63, 3.8) is 0 Å². The summed E-state index contributed by atoms with van der Waals surface area (Å²) in [7, 11) is 1.66. The summed E-state index contributed by atoms with van der Waals surface area (Å²) in [6.07, 6.45) is 4.74. The number of nitrogens with zero attached hydrogens (tertiary/aromatic N) is 2. The van der Waals surface area contributed by atoms with Crippen molar-refractivity contribution < 1.29 is 19.4 Å². The third kappa shape index (κ3) is 6.33. The second-order valence-electron chi connectivity index (χ2n) is 8.62. The van der Waals surface area contributed by atoms with Gasteiger partial charge >= 0.3 is 12.0 Å². The van der Waals surface area contributed by atoms with E-state index in [1.165, 1.54) is 0 Å². The molecule has 1 heterocycles. The smallest absolute Gasteiger partial charge is 0.303 e. The second-order valence-corrected chi connectivity index (χ2v) is 8.62. The number of rotatable bonds is 13. The number of aliphatic carboxylic acids is 1. The molecule has 3 aromatic carbocycles. The van der Waals surface area contributed by atoms with Crippen molar-refractivity contribution in [2.75, 3.05) is 13.7 Å². The minimum Gasteiger partial charge on any atom is -0.497 e. The van der Waals surface area contributed by atoms with Crippen LogP contribution in [0, 0.1) is 0 Å². The van der Waals surface area contributed by atoms with Crippen LogP contribution in [-0.2, 0) is 4.79 Å². The fraction of sp³-hybridized carbons (Fsp3) is 0.267. The summed E-state index contributed by atoms with van der Waals surface area (Å²) < 4.78 is 13.7. The number of hydrogen-bond donors (Lipinski definition) is 1. The molecule has 186 valence electrons. The van der Waals surface area contributed by atoms with Crippen molar-refractivity contribution in [1.82, 2.24) is 9.55 Å². The first-order chi connectivity index (χ1) is 17.7. The molecule has 0 spiro atoms. The third-order valence-electron chi connectivity index (χ3n) is 6.04. The Hall–Kier alpha value is -4.06. The molecule has 6 heteroatoms. The van der Waals surface area contributed by atoms with Crippen LogP contribution in [0.1, 0.15) is 38.5 Å². The number of carboxylic acids is 1. The average molecular weight is 485 g/mol. The van der Waals surface area contributed by atoms with Gasteiger partial charge < -0.3 is 14.6 Å². The van der Waals surface area contributed by atoms with Gasteiger partial charge in [0.15, 0.2) is 0 Å². The zero-order valence-corrected chi connectivity index (χ0v) is 20.6. The highest BCUT2D eigenvalue weighted by Crippen LogP contribution is 2.38. The number of imidazole rings is 1. The highest BCUT2D eigenvalue weighted by Gasteiger charge is 2.22. The standard InChI is InChI=1S/C30H32N2O4/c1-35-26-20-18-25(19-21-26)32-29(24-15-9-6-10-16-24)28(23-13-7-5-8-14-23)31-30(32)36-22-12-4-2-3-11-17-27(33)34/h5-10,13-16,18-21H,2-4,11-12,17,22H2,1H3,(H,33,34). The van der Waals surface area contributed by atoms with E-state index in [1.807, 2.05) is 60.7 Å². The van der Waals surface area contributed by atoms with E-state index in [1.54, 1.807) is 7.11 Å². The summed E-state index contributed by atoms with van der Waals surface area (Å²) in [6, 6.07) is 28.8. The third-order valence-corrected chi connectivity index (χ3v) is 6.04. The van der Waals surface area contributed by atoms with Gasteiger partial charge in [-0.05, 0) is 37.1 Å². The highest BCUT2D eigenvalue weighted by atomic mass is 16.5. The first-order valence-corrected chi connectivity index (χ1v) is 12.4. The number of unbranched alkanes of at least 4 members (excludes halogenated alkanes) is 4. The minimum absolute atomic E-state index is 0.236. The van der Waals surface area contributed by atoms with Crippen molar-refractivity contribution in [3.8, 4) is 40.0 Å². The fourth-order valence-corrected chi connectivity index (χ4v) is 4.20. The molecule has 1 N–H and O–H groups in total. The summed E-state index contributed by atoms with van der Waals surface area (Å²) in [5.41, 5.74) is 4.84. The van der Waals surface area contributed by atoms with E-state index in [-0.39, 0.29) is 6.42 Å². The van der Waals surface area contributed by atoms with Gasteiger partial charge in [0, 0.05) is 17.5 Å². The van der Waals surface area contributed by atoms with E-state index < -0.39 is 5.97 Å². The Kier molecular flexibility index (Phi) is 8.76. The Labute approximate surface area is 212 Å². The predicted octanol–water partition coefficient (Wildman–Crippen LogP) is 7.02. The molecule has 0 bridgehead atoms. The van der Waals surface area contributed by atoms with Crippen LogP contribution in [0.3, 0.4) is 0 Å². The van der Waals surface area contributed by atoms with Crippen molar-refractivity contribution in [3.05, 3.63) is 84.9 Å². The lowest BCUT2D eigenvalue weighted by Crippen LogP contribution is -2.05. The average Bonchev–Trinajstić information content (AvgIpc) is 3.30. The number of carbonyl (C=O) groups is 1. The van der Waals surface area contributed by atoms with Crippen molar-refractivity contribution in [2.45, 2.75) is 38.5 Å². The van der Waals surface area contributed by atoms with Crippen LogP contribution in [-0.4, -0.2) is 34.3 Å². The lowest BCUT2D eigenvalue weighted by Gasteiger charge is -2.14. The maximum absolute atomic E-state index is 10.7. The van der Waals surface area contributed by atoms with Gasteiger partial charge in [-0.1, -0.05) is 79.9 Å². The largest absolute Gasteiger partial charge is 0.497 e. The SMILES string of the molecule is COc1ccc(-n2c(OCCCCCCCC(=O)O)nc(-c3ccccc3)c2-c2ccccc2)cc1. The molecule has 0 aliphatic rings. The lowest BCUT2D eigenvalue weighted by molar-refractivity contribution is -0.137. The van der Waals surface area contributed by atoms with Crippen molar-refractivity contribution in [2.24, 2.45) is 0 Å². The Bertz CT molecular complexity index is 1240. The van der Waals surface area contributed by atoms with Crippen LogP contribution in [0.25, 0.3) is 28.2 Å². The molecule has 36 heavy (non-hydrogen) atoms. The monoisotopic (exact) mass is 484 g/mol. The summed E-state index contributed by atoms with van der Waals surface area (Å²) >= 11 is 0. The molecule has 0 saturated carbocycles. The molecule has 0 aliphatic carbocycles. The van der Waals surface area contributed by atoms with E-state index in [0.717, 1.165) is 66.1 Å². The number of carboxylic acid groups (broad SMARTS) is 1. The molecule has 0 saturated heterocycles. The summed E-state index contributed by atoms with van der Waals surface area (Å²) in [6.45, 7) is 0.536. The van der Waals surface area contributed by atoms with E-state index >= 15 is 0 Å². The van der Waals surface area contributed by atoms with Gasteiger partial charge in [-0.15, -0.1) is 0 Å². The van der Waals surface area contributed by atoms with Gasteiger partial charge in [0.25, 0.3) is 0 Å². The van der Waals surface area contributed by atoms with Crippen LogP contribution in [0.5, 0.6) is 11.8 Å². The maximum Gasteiger partial charge on any atom is 0.303 e. The Morgan fingerprint density at radius 1 is 0.806 bits per heavy atom. The lowest BCUT2D eigenvalue weighted by atomic mass is 10.0. The minimum atomic E-state index is -0.729. The van der Waals surface area contributed by atoms with Crippen LogP contribution in [0.4, 0.5) is 0 Å². The van der Waals surface area contributed by atoms with E-state index in [9.17, 15) is 4.79 Å². The number of ether oxygens (including phenoxy) is 2. The Morgan fingerprint density at radius 2 is 1.42 bits per heavy atom. The zero-order chi connectivity index (χ0) is 25.2. The van der Waals surface area contributed by atoms with Crippen LogP contribution in [0.2, 0.25) is 0 Å². The normalized spacial score (nSPS) is 10.8. The molecule has 0 aliphatic heterocycles. The summed E-state index contributed by atoms with van der Waals surface area (Å²) in [5, 5.41) is 8.78. The van der Waals surface area contributed by atoms with E-state index in [2.05, 4.69) is 28.8 Å². The Morgan fingerprint density at radius 3 is 2.06 bits per heavy atom. The molecule has 0 amide bonds. The number of methoxy groups -OCH3 is 1. The molecule has 4 rings (SSSR count). The van der Waals surface area contributed by atoms with Gasteiger partial charge in [-0.25, -0.2) is 0 Å². The molecule has 0 radical (unpaired) electrons. The number of aromatic nitrogens is 2. The van der Waals surface area contributed by atoms with Crippen LogP contribution in [0.15, 0.2) is 84.9 Å². The first-order valence-electron chi connectivity index (χ1n) is 12.4. The van der Waals surface area contributed by atoms with Gasteiger partial charge in [0.2, 0.25) is 0 Å². The molecular formula is C30H32N2O4. The van der Waals surface area contributed by atoms with Gasteiger partial charge in [0.05, 0.1) is 25.1 Å². The molecule has 0 fully saturated rings. The molecular weight excluding hydrogens is 452 g/mol. The Balaban J connectivity index is 1.64. The molecule has 6 nitrogen and oxygen atoms in total. The van der Waals surface area contributed by atoms with Crippen LogP contribution >= 0.6 is 0 Å². The molecule has 0 unspecified atom stereocenters. The van der Waals surface area contributed by atoms with E-state index in [4.69, 9.17) is 19.6 Å². The highest BCUT2D eigenvalue weighted by molar-refractivity contribution is 5.81. The fourth-order valence-electron chi connectivity index (χ4n) is 4.20. The van der Waals surface area contributed by atoms with Gasteiger partial charge in [-0.2, -0.15) is 4.98 Å². The van der Waals surface area contributed by atoms with Crippen LogP contribution < -0.4 is 9.47 Å². The van der Waals surface area contributed by atoms with Crippen molar-refractivity contribution in [1.29, 1.82) is 0 Å². The van der Waals surface area contributed by atoms with Crippen molar-refractivity contribution >= 4 is 5.97 Å². The van der Waals surface area contributed by atoms with Gasteiger partial charge in [0.1, 0.15) is 11.4 Å². The number of benzene rings is 3. The molecule has 4 aromatic rings. The first kappa shape index (κ1) is 25.0. The maximum atomic E-state index is 10.7.